The molecule has 2 aliphatic rings. The molecule has 2 unspecified atom stereocenters. The van der Waals surface area contributed by atoms with Gasteiger partial charge in [-0.1, -0.05) is 32.8 Å². The monoisotopic (exact) mass is 385 g/mol. The van der Waals surface area contributed by atoms with E-state index in [0.29, 0.717) is 11.4 Å². The van der Waals surface area contributed by atoms with Crippen molar-refractivity contribution >= 4 is 35.0 Å². The van der Waals surface area contributed by atoms with E-state index in [-0.39, 0.29) is 54.3 Å². The quantitative estimate of drug-likeness (QED) is 0.736. The molecule has 7 nitrogen and oxygen atoms in total. The first-order valence-electron chi connectivity index (χ1n) is 9.93. The minimum absolute atomic E-state index is 0.0551. The molecule has 0 radical (unpaired) electrons. The minimum Gasteiger partial charge on any atom is -0.326 e. The summed E-state index contributed by atoms with van der Waals surface area (Å²) < 4.78 is 0. The number of likely N-dealkylation sites (tertiary alicyclic amines) is 1. The predicted octanol–water partition coefficient (Wildman–Crippen LogP) is 2.78. The number of fused-ring (bicyclic) bond motifs is 1. The van der Waals surface area contributed by atoms with Crippen molar-refractivity contribution in [1.29, 1.82) is 0 Å². The number of amides is 4. The van der Waals surface area contributed by atoms with Crippen LogP contribution in [0.3, 0.4) is 0 Å². The Balaban J connectivity index is 1.54. The van der Waals surface area contributed by atoms with Crippen LogP contribution >= 0.6 is 0 Å². The van der Waals surface area contributed by atoms with Gasteiger partial charge in [0.25, 0.3) is 0 Å². The lowest BCUT2D eigenvalue weighted by Crippen LogP contribution is -2.34. The average molecular weight is 385 g/mol. The molecule has 2 atom stereocenters. The van der Waals surface area contributed by atoms with Crippen LogP contribution < -0.4 is 10.6 Å². The number of nitrogens with one attached hydrogen (secondary N) is 2. The maximum absolute atomic E-state index is 12.5. The Labute approximate surface area is 164 Å². The summed E-state index contributed by atoms with van der Waals surface area (Å²) in [6, 6.07) is 6.89. The molecule has 2 N–H and O–H groups in total. The summed E-state index contributed by atoms with van der Waals surface area (Å²) in [7, 11) is 0. The minimum atomic E-state index is -0.275. The molecule has 150 valence electrons. The number of hydrogen-bond donors (Lipinski definition) is 2. The van der Waals surface area contributed by atoms with Crippen molar-refractivity contribution in [3.05, 3.63) is 24.3 Å². The van der Waals surface area contributed by atoms with Crippen LogP contribution in [0.5, 0.6) is 0 Å². The van der Waals surface area contributed by atoms with Gasteiger partial charge in [-0.15, -0.1) is 0 Å². The number of carbonyl (C=O) groups is 4. The Morgan fingerprint density at radius 1 is 1.04 bits per heavy atom. The fraction of sp³-hybridized carbons (Fsp3) is 0.524. The highest BCUT2D eigenvalue weighted by Crippen LogP contribution is 2.37. The molecular weight excluding hydrogens is 358 g/mol. The van der Waals surface area contributed by atoms with Gasteiger partial charge in [-0.3, -0.25) is 24.1 Å². The smallest absolute Gasteiger partial charge is 0.233 e. The lowest BCUT2D eigenvalue weighted by atomic mass is 9.81. The standard InChI is InChI=1S/C21H27N3O4/c1-13(2)19(26)23-15-7-5-6-14(12-15)22-18(25)10-11-24-20(27)16-8-3-4-9-17(16)21(24)28/h5-7,12-13,16-17H,3-4,8-11H2,1-2H3,(H,22,25)(H,23,26). The first-order valence-corrected chi connectivity index (χ1v) is 9.93. The zero-order valence-corrected chi connectivity index (χ0v) is 16.4. The Morgan fingerprint density at radius 2 is 1.61 bits per heavy atom. The second-order valence-electron chi connectivity index (χ2n) is 7.85. The normalized spacial score (nSPS) is 21.6. The number of nitrogens with zero attached hydrogens (tertiary/aromatic N) is 1. The summed E-state index contributed by atoms with van der Waals surface area (Å²) in [5.74, 6) is -1.14. The van der Waals surface area contributed by atoms with Gasteiger partial charge in [-0.05, 0) is 31.0 Å². The van der Waals surface area contributed by atoms with E-state index in [1.54, 1.807) is 38.1 Å². The third kappa shape index (κ3) is 4.40. The zero-order chi connectivity index (χ0) is 20.3. The van der Waals surface area contributed by atoms with Crippen LogP contribution in [-0.2, 0) is 19.2 Å². The number of hydrogen-bond acceptors (Lipinski definition) is 4. The first-order chi connectivity index (χ1) is 13.4. The van der Waals surface area contributed by atoms with Crippen LogP contribution in [0.2, 0.25) is 0 Å². The summed E-state index contributed by atoms with van der Waals surface area (Å²) in [6.45, 7) is 3.72. The zero-order valence-electron chi connectivity index (χ0n) is 16.4. The molecule has 0 aromatic heterocycles. The topological polar surface area (TPSA) is 95.6 Å². The van der Waals surface area contributed by atoms with E-state index >= 15 is 0 Å². The number of anilines is 2. The maximum atomic E-state index is 12.5. The molecule has 1 aliphatic heterocycles. The summed E-state index contributed by atoms with van der Waals surface area (Å²) in [5, 5.41) is 5.55. The average Bonchev–Trinajstić information content (AvgIpc) is 2.91. The van der Waals surface area contributed by atoms with Crippen molar-refractivity contribution < 1.29 is 19.2 Å². The fourth-order valence-corrected chi connectivity index (χ4v) is 3.85. The lowest BCUT2D eigenvalue weighted by molar-refractivity contribution is -0.140. The van der Waals surface area contributed by atoms with Crippen LogP contribution in [-0.4, -0.2) is 35.1 Å². The molecule has 7 heteroatoms. The molecule has 0 spiro atoms. The third-order valence-corrected chi connectivity index (χ3v) is 5.43. The molecule has 1 aromatic carbocycles. The van der Waals surface area contributed by atoms with Gasteiger partial charge < -0.3 is 10.6 Å². The molecule has 1 saturated carbocycles. The van der Waals surface area contributed by atoms with Crippen LogP contribution in [0, 0.1) is 17.8 Å². The Morgan fingerprint density at radius 3 is 2.18 bits per heavy atom. The lowest BCUT2D eigenvalue weighted by Gasteiger charge is -2.19. The second-order valence-corrected chi connectivity index (χ2v) is 7.85. The van der Waals surface area contributed by atoms with Crippen LogP contribution in [0.1, 0.15) is 46.0 Å². The molecule has 4 amide bonds. The Hall–Kier alpha value is -2.70. The molecule has 1 aliphatic carbocycles. The SMILES string of the molecule is CC(C)C(=O)Nc1cccc(NC(=O)CCN2C(=O)C3CCCCC3C2=O)c1. The van der Waals surface area contributed by atoms with Gasteiger partial charge in [0.15, 0.2) is 0 Å². The number of imide groups is 1. The first kappa shape index (κ1) is 20.0. The van der Waals surface area contributed by atoms with E-state index in [9.17, 15) is 19.2 Å². The summed E-state index contributed by atoms with van der Waals surface area (Å²) >= 11 is 0. The van der Waals surface area contributed by atoms with Crippen LogP contribution in [0.15, 0.2) is 24.3 Å². The van der Waals surface area contributed by atoms with Crippen molar-refractivity contribution in [2.24, 2.45) is 17.8 Å². The highest BCUT2D eigenvalue weighted by atomic mass is 16.2. The Bertz CT molecular complexity index is 766. The van der Waals surface area contributed by atoms with Gasteiger partial charge >= 0.3 is 0 Å². The largest absolute Gasteiger partial charge is 0.326 e. The van der Waals surface area contributed by atoms with Crippen molar-refractivity contribution in [2.75, 3.05) is 17.2 Å². The number of rotatable bonds is 6. The van der Waals surface area contributed by atoms with Gasteiger partial charge in [-0.25, -0.2) is 0 Å². The van der Waals surface area contributed by atoms with Crippen LogP contribution in [0.25, 0.3) is 0 Å². The number of benzene rings is 1. The second kappa shape index (κ2) is 8.54. The molecule has 3 rings (SSSR count). The van der Waals surface area contributed by atoms with Gasteiger partial charge in [0.1, 0.15) is 0 Å². The van der Waals surface area contributed by atoms with E-state index in [1.165, 1.54) is 4.90 Å². The molecular formula is C21H27N3O4. The van der Waals surface area contributed by atoms with Gasteiger partial charge in [0, 0.05) is 30.3 Å². The van der Waals surface area contributed by atoms with Gasteiger partial charge in [-0.2, -0.15) is 0 Å². The molecule has 0 bridgehead atoms. The van der Waals surface area contributed by atoms with E-state index < -0.39 is 0 Å². The molecule has 1 saturated heterocycles. The highest BCUT2D eigenvalue weighted by Gasteiger charge is 2.47. The van der Waals surface area contributed by atoms with Gasteiger partial charge in [0.2, 0.25) is 23.6 Å². The molecule has 2 fully saturated rings. The van der Waals surface area contributed by atoms with Crippen molar-refractivity contribution in [3.8, 4) is 0 Å². The molecule has 28 heavy (non-hydrogen) atoms. The van der Waals surface area contributed by atoms with Gasteiger partial charge in [0.05, 0.1) is 11.8 Å². The van der Waals surface area contributed by atoms with Crippen molar-refractivity contribution in [2.45, 2.75) is 46.0 Å². The summed E-state index contributed by atoms with van der Waals surface area (Å²) in [5.41, 5.74) is 1.16. The van der Waals surface area contributed by atoms with E-state index in [2.05, 4.69) is 10.6 Å². The summed E-state index contributed by atoms with van der Waals surface area (Å²) in [4.78, 5) is 50.3. The Kier molecular flexibility index (Phi) is 6.11. The number of carbonyl (C=O) groups excluding carboxylic acids is 4. The highest BCUT2D eigenvalue weighted by molar-refractivity contribution is 6.05. The predicted molar refractivity (Wildman–Crippen MR) is 105 cm³/mol. The fourth-order valence-electron chi connectivity index (χ4n) is 3.85. The maximum Gasteiger partial charge on any atom is 0.233 e. The summed E-state index contributed by atoms with van der Waals surface area (Å²) in [6.07, 6.45) is 3.57. The van der Waals surface area contributed by atoms with Crippen LogP contribution in [0.4, 0.5) is 11.4 Å². The molecule has 1 aromatic rings. The van der Waals surface area contributed by atoms with E-state index in [0.717, 1.165) is 25.7 Å². The van der Waals surface area contributed by atoms with Crippen molar-refractivity contribution in [3.63, 3.8) is 0 Å². The van der Waals surface area contributed by atoms with E-state index in [1.807, 2.05) is 0 Å². The van der Waals surface area contributed by atoms with Crippen molar-refractivity contribution in [1.82, 2.24) is 4.90 Å². The third-order valence-electron chi connectivity index (χ3n) is 5.43. The molecule has 1 heterocycles. The van der Waals surface area contributed by atoms with E-state index in [4.69, 9.17) is 0 Å².